The average molecular weight is 471 g/mol. The lowest BCUT2D eigenvalue weighted by Crippen LogP contribution is -1.97. The van der Waals surface area contributed by atoms with Gasteiger partial charge in [0.2, 0.25) is 0 Å². The zero-order valence-electron chi connectivity index (χ0n) is 19.8. The molecule has 0 aliphatic carbocycles. The van der Waals surface area contributed by atoms with E-state index in [-0.39, 0.29) is 0 Å². The molecule has 0 saturated heterocycles. The van der Waals surface area contributed by atoms with Crippen LogP contribution in [0.1, 0.15) is 0 Å². The molecule has 0 aliphatic heterocycles. The minimum absolute atomic E-state index is 0.794. The summed E-state index contributed by atoms with van der Waals surface area (Å²) in [5.41, 5.74) is 7.81. The van der Waals surface area contributed by atoms with Gasteiger partial charge < -0.3 is 14.0 Å². The monoisotopic (exact) mass is 470 g/mol. The number of nitrogens with zero attached hydrogens (tertiary/aromatic N) is 4. The minimum Gasteiger partial charge on any atom is -0.497 e. The number of para-hydroxylation sites is 1. The minimum atomic E-state index is 0.794. The Morgan fingerprint density at radius 3 is 2.03 bits per heavy atom. The van der Waals surface area contributed by atoms with Gasteiger partial charge in [0.05, 0.1) is 47.5 Å². The number of pyridine rings is 2. The average Bonchev–Trinajstić information content (AvgIpc) is 3.44. The van der Waals surface area contributed by atoms with E-state index in [2.05, 4.69) is 57.7 Å². The van der Waals surface area contributed by atoms with E-state index in [4.69, 9.17) is 19.4 Å². The third-order valence-electron chi connectivity index (χ3n) is 6.74. The molecule has 6 nitrogen and oxygen atoms in total. The number of hydrogen-bond acceptors (Lipinski definition) is 4. The van der Waals surface area contributed by atoms with E-state index >= 15 is 0 Å². The first-order valence-corrected chi connectivity index (χ1v) is 11.7. The molecule has 4 heterocycles. The van der Waals surface area contributed by atoms with Gasteiger partial charge in [-0.2, -0.15) is 0 Å². The predicted molar refractivity (Wildman–Crippen MR) is 144 cm³/mol. The van der Waals surface area contributed by atoms with Gasteiger partial charge in [0.1, 0.15) is 17.1 Å². The van der Waals surface area contributed by atoms with Crippen LogP contribution < -0.4 is 9.47 Å². The quantitative estimate of drug-likeness (QED) is 0.288. The van der Waals surface area contributed by atoms with Crippen LogP contribution in [0.4, 0.5) is 0 Å². The molecule has 7 aromatic rings. The third kappa shape index (κ3) is 2.91. The second-order valence-electron chi connectivity index (χ2n) is 8.69. The van der Waals surface area contributed by atoms with Crippen molar-refractivity contribution in [2.75, 3.05) is 14.2 Å². The van der Waals surface area contributed by atoms with Crippen LogP contribution in [-0.4, -0.2) is 33.3 Å². The van der Waals surface area contributed by atoms with Gasteiger partial charge >= 0.3 is 0 Å². The second kappa shape index (κ2) is 7.85. The maximum Gasteiger partial charge on any atom is 0.148 e. The lowest BCUT2D eigenvalue weighted by Gasteiger charge is -2.10. The summed E-state index contributed by atoms with van der Waals surface area (Å²) in [4.78, 5) is 10.1. The highest BCUT2D eigenvalue weighted by Crippen LogP contribution is 2.37. The molecule has 0 N–H and O–H groups in total. The van der Waals surface area contributed by atoms with Crippen LogP contribution in [0.3, 0.4) is 0 Å². The van der Waals surface area contributed by atoms with Crippen LogP contribution in [0.15, 0.2) is 97.2 Å². The zero-order chi connectivity index (χ0) is 24.2. The highest BCUT2D eigenvalue weighted by atomic mass is 16.5. The molecule has 4 aromatic heterocycles. The van der Waals surface area contributed by atoms with Crippen molar-refractivity contribution in [2.24, 2.45) is 0 Å². The first kappa shape index (κ1) is 20.5. The molecule has 0 saturated carbocycles. The number of ether oxygens (including phenoxy) is 2. The lowest BCUT2D eigenvalue weighted by molar-refractivity contribution is 0.414. The Bertz CT molecular complexity index is 1790. The Labute approximate surface area is 207 Å². The molecule has 0 atom stereocenters. The van der Waals surface area contributed by atoms with Gasteiger partial charge in [-0.15, -0.1) is 0 Å². The second-order valence-corrected chi connectivity index (χ2v) is 8.69. The largest absolute Gasteiger partial charge is 0.497 e. The SMILES string of the molecule is COc1cccc(-n2c3ccccc3c3nc4c(cc32)c2ncccc2n4-c2cccc(OC)c2)c1. The molecule has 0 radical (unpaired) electrons. The summed E-state index contributed by atoms with van der Waals surface area (Å²) < 4.78 is 15.4. The van der Waals surface area contributed by atoms with E-state index in [1.54, 1.807) is 14.2 Å². The van der Waals surface area contributed by atoms with Crippen molar-refractivity contribution >= 4 is 44.0 Å². The summed E-state index contributed by atoms with van der Waals surface area (Å²) in [6, 6.07) is 30.8. The maximum atomic E-state index is 5.52. The highest BCUT2D eigenvalue weighted by molar-refractivity contribution is 6.14. The van der Waals surface area contributed by atoms with E-state index in [1.165, 1.54) is 0 Å². The molecule has 7 rings (SSSR count). The van der Waals surface area contributed by atoms with E-state index in [0.29, 0.717) is 0 Å². The fraction of sp³-hybridized carbons (Fsp3) is 0.0667. The molecule has 0 aliphatic rings. The molecular weight excluding hydrogens is 448 g/mol. The van der Waals surface area contributed by atoms with Crippen LogP contribution in [0.2, 0.25) is 0 Å². The summed E-state index contributed by atoms with van der Waals surface area (Å²) in [6.07, 6.45) is 1.83. The summed E-state index contributed by atoms with van der Waals surface area (Å²) >= 11 is 0. The van der Waals surface area contributed by atoms with Crippen molar-refractivity contribution < 1.29 is 9.47 Å². The summed E-state index contributed by atoms with van der Waals surface area (Å²) in [6.45, 7) is 0. The highest BCUT2D eigenvalue weighted by Gasteiger charge is 2.20. The van der Waals surface area contributed by atoms with E-state index in [9.17, 15) is 0 Å². The maximum absolute atomic E-state index is 5.52. The molecule has 0 bridgehead atoms. The van der Waals surface area contributed by atoms with Crippen LogP contribution in [0.5, 0.6) is 11.5 Å². The third-order valence-corrected chi connectivity index (χ3v) is 6.74. The van der Waals surface area contributed by atoms with Gasteiger partial charge in [0.15, 0.2) is 0 Å². The number of methoxy groups -OCH3 is 2. The van der Waals surface area contributed by atoms with Gasteiger partial charge in [-0.05, 0) is 48.5 Å². The Balaban J connectivity index is 1.64. The van der Waals surface area contributed by atoms with Crippen molar-refractivity contribution in [1.29, 1.82) is 0 Å². The van der Waals surface area contributed by atoms with Crippen LogP contribution >= 0.6 is 0 Å². The molecule has 174 valence electrons. The first-order chi connectivity index (χ1) is 17.8. The number of aromatic nitrogens is 4. The molecule has 3 aromatic carbocycles. The smallest absolute Gasteiger partial charge is 0.148 e. The van der Waals surface area contributed by atoms with Crippen molar-refractivity contribution in [1.82, 2.24) is 19.1 Å². The number of benzene rings is 3. The molecule has 0 fully saturated rings. The first-order valence-electron chi connectivity index (χ1n) is 11.7. The van der Waals surface area contributed by atoms with Gasteiger partial charge in [-0.1, -0.05) is 30.3 Å². The molecule has 36 heavy (non-hydrogen) atoms. The lowest BCUT2D eigenvalue weighted by atomic mass is 10.2. The van der Waals surface area contributed by atoms with Crippen molar-refractivity contribution in [3.63, 3.8) is 0 Å². The summed E-state index contributed by atoms with van der Waals surface area (Å²) in [5, 5.41) is 2.08. The Morgan fingerprint density at radius 1 is 0.583 bits per heavy atom. The standard InChI is InChI=1S/C30H22N4O2/c1-35-21-10-5-8-19(16-21)33-25-13-4-3-12-23(25)29-27(33)18-24-28-26(14-7-15-31-28)34(30(24)32-29)20-9-6-11-22(17-20)36-2/h3-18H,1-2H3. The molecular formula is C30H22N4O2. The van der Waals surface area contributed by atoms with Gasteiger partial charge in [0.25, 0.3) is 0 Å². The van der Waals surface area contributed by atoms with Crippen LogP contribution in [0, 0.1) is 0 Å². The van der Waals surface area contributed by atoms with Crippen molar-refractivity contribution in [3.05, 3.63) is 97.2 Å². The Kier molecular flexibility index (Phi) is 4.48. The molecule has 0 spiro atoms. The Hall–Kier alpha value is -4.84. The number of rotatable bonds is 4. The fourth-order valence-electron chi connectivity index (χ4n) is 5.14. The van der Waals surface area contributed by atoms with Crippen molar-refractivity contribution in [2.45, 2.75) is 0 Å². The zero-order valence-corrected chi connectivity index (χ0v) is 19.8. The van der Waals surface area contributed by atoms with Gasteiger partial charge in [-0.3, -0.25) is 9.55 Å². The topological polar surface area (TPSA) is 54.1 Å². The molecule has 0 unspecified atom stereocenters. The molecule has 6 heteroatoms. The van der Waals surface area contributed by atoms with E-state index < -0.39 is 0 Å². The van der Waals surface area contributed by atoms with Crippen LogP contribution in [0.25, 0.3) is 55.4 Å². The Morgan fingerprint density at radius 2 is 1.28 bits per heavy atom. The van der Waals surface area contributed by atoms with Gasteiger partial charge in [0, 0.05) is 34.8 Å². The summed E-state index contributed by atoms with van der Waals surface area (Å²) in [5.74, 6) is 1.60. The number of fused-ring (bicyclic) bond motifs is 6. The normalized spacial score (nSPS) is 11.6. The van der Waals surface area contributed by atoms with E-state index in [0.717, 1.165) is 66.9 Å². The molecule has 0 amide bonds. The summed E-state index contributed by atoms with van der Waals surface area (Å²) in [7, 11) is 3.37. The van der Waals surface area contributed by atoms with Gasteiger partial charge in [-0.25, -0.2) is 4.98 Å². The van der Waals surface area contributed by atoms with Crippen molar-refractivity contribution in [3.8, 4) is 22.9 Å². The number of hydrogen-bond donors (Lipinski definition) is 0. The van der Waals surface area contributed by atoms with E-state index in [1.807, 2.05) is 48.7 Å². The van der Waals surface area contributed by atoms with Crippen LogP contribution in [-0.2, 0) is 0 Å². The predicted octanol–water partition coefficient (Wildman–Crippen LogP) is 6.69. The fourth-order valence-corrected chi connectivity index (χ4v) is 5.14.